The molecular weight excluding hydrogens is 326 g/mol. The molecule has 1 aromatic carbocycles. The monoisotopic (exact) mass is 353 g/mol. The number of primary amides is 1. The fourth-order valence-electron chi connectivity index (χ4n) is 3.32. The number of nitrogens with zero attached hydrogens (tertiary/aromatic N) is 1. The predicted octanol–water partition coefficient (Wildman–Crippen LogP) is 3.99. The summed E-state index contributed by atoms with van der Waals surface area (Å²) in [6.45, 7) is 5.56. The molecule has 0 bridgehead atoms. The summed E-state index contributed by atoms with van der Waals surface area (Å²) < 4.78 is 5.84. The zero-order valence-electron chi connectivity index (χ0n) is 15.5. The van der Waals surface area contributed by atoms with Gasteiger partial charge in [-0.2, -0.15) is 0 Å². The zero-order valence-corrected chi connectivity index (χ0v) is 15.5. The molecule has 2 aromatic rings. The van der Waals surface area contributed by atoms with Gasteiger partial charge in [0.15, 0.2) is 0 Å². The van der Waals surface area contributed by atoms with Gasteiger partial charge in [-0.3, -0.25) is 4.79 Å². The lowest BCUT2D eigenvalue weighted by molar-refractivity contribution is 0.1000. The molecule has 0 spiro atoms. The van der Waals surface area contributed by atoms with Crippen LogP contribution in [0.2, 0.25) is 0 Å². The number of carbonyl (C=O) groups excluding carboxylic acids is 1. The average Bonchev–Trinajstić information content (AvgIpc) is 2.62. The molecule has 3 rings (SSSR count). The van der Waals surface area contributed by atoms with E-state index in [9.17, 15) is 4.79 Å². The predicted molar refractivity (Wildman–Crippen MR) is 102 cm³/mol. The maximum atomic E-state index is 11.1. The molecule has 1 amide bonds. The Morgan fingerprint density at radius 2 is 2.19 bits per heavy atom. The van der Waals surface area contributed by atoms with E-state index >= 15 is 0 Å². The van der Waals surface area contributed by atoms with Crippen LogP contribution >= 0.6 is 0 Å². The second-order valence-electron chi connectivity index (χ2n) is 7.29. The van der Waals surface area contributed by atoms with Gasteiger partial charge >= 0.3 is 0 Å². The molecule has 0 saturated carbocycles. The van der Waals surface area contributed by atoms with E-state index in [1.54, 1.807) is 12.1 Å². The standard InChI is InChI=1S/C21H27N3O2/c1-14(2)10-11-23-19-5-3-4-15-12-17(7-8-18(15)19)26-20-9-6-16(13-24-20)21(22)25/h6-9,12-14,19,23H,3-5,10-11H2,1-2H3,(H2,22,25). The fourth-order valence-corrected chi connectivity index (χ4v) is 3.32. The van der Waals surface area contributed by atoms with Gasteiger partial charge in [0, 0.05) is 18.3 Å². The van der Waals surface area contributed by atoms with Gasteiger partial charge in [-0.05, 0) is 67.5 Å². The van der Waals surface area contributed by atoms with Crippen LogP contribution in [-0.2, 0) is 6.42 Å². The van der Waals surface area contributed by atoms with Crippen molar-refractivity contribution in [3.8, 4) is 11.6 Å². The third-order valence-corrected chi connectivity index (χ3v) is 4.78. The molecular formula is C21H27N3O2. The number of rotatable bonds is 7. The van der Waals surface area contributed by atoms with E-state index in [-0.39, 0.29) is 0 Å². The molecule has 5 nitrogen and oxygen atoms in total. The normalized spacial score (nSPS) is 16.3. The highest BCUT2D eigenvalue weighted by Crippen LogP contribution is 2.33. The van der Waals surface area contributed by atoms with Gasteiger partial charge in [-0.15, -0.1) is 0 Å². The summed E-state index contributed by atoms with van der Waals surface area (Å²) in [5, 5.41) is 3.70. The lowest BCUT2D eigenvalue weighted by atomic mass is 9.87. The van der Waals surface area contributed by atoms with E-state index < -0.39 is 5.91 Å². The van der Waals surface area contributed by atoms with Crippen LogP contribution in [-0.4, -0.2) is 17.4 Å². The van der Waals surface area contributed by atoms with Gasteiger partial charge in [0.05, 0.1) is 5.56 Å². The molecule has 1 atom stereocenters. The van der Waals surface area contributed by atoms with E-state index in [1.165, 1.54) is 36.6 Å². The molecule has 1 heterocycles. The number of aryl methyl sites for hydroxylation is 1. The second kappa shape index (κ2) is 8.32. The Labute approximate surface area is 155 Å². The summed E-state index contributed by atoms with van der Waals surface area (Å²) in [4.78, 5) is 15.3. The molecule has 1 aromatic heterocycles. The van der Waals surface area contributed by atoms with Crippen molar-refractivity contribution in [2.75, 3.05) is 6.54 Å². The Morgan fingerprint density at radius 1 is 1.35 bits per heavy atom. The van der Waals surface area contributed by atoms with E-state index in [0.717, 1.165) is 24.6 Å². The number of nitrogens with one attached hydrogen (secondary N) is 1. The first-order valence-electron chi connectivity index (χ1n) is 9.33. The Kier molecular flexibility index (Phi) is 5.89. The summed E-state index contributed by atoms with van der Waals surface area (Å²) in [6.07, 6.45) is 6.07. The smallest absolute Gasteiger partial charge is 0.250 e. The topological polar surface area (TPSA) is 77.2 Å². The number of ether oxygens (including phenoxy) is 1. The first-order valence-corrected chi connectivity index (χ1v) is 9.33. The quantitative estimate of drug-likeness (QED) is 0.789. The minimum absolute atomic E-state index is 0.373. The number of carbonyl (C=O) groups is 1. The van der Waals surface area contributed by atoms with E-state index in [1.807, 2.05) is 6.07 Å². The van der Waals surface area contributed by atoms with Crippen molar-refractivity contribution in [1.82, 2.24) is 10.3 Å². The summed E-state index contributed by atoms with van der Waals surface area (Å²) >= 11 is 0. The molecule has 1 unspecified atom stereocenters. The molecule has 1 aliphatic rings. The number of amides is 1. The van der Waals surface area contributed by atoms with Crippen molar-refractivity contribution in [2.24, 2.45) is 11.7 Å². The molecule has 3 N–H and O–H groups in total. The largest absolute Gasteiger partial charge is 0.439 e. The number of pyridine rings is 1. The number of hydrogen-bond acceptors (Lipinski definition) is 4. The average molecular weight is 353 g/mol. The molecule has 0 saturated heterocycles. The molecule has 26 heavy (non-hydrogen) atoms. The van der Waals surface area contributed by atoms with Gasteiger partial charge in [0.1, 0.15) is 5.75 Å². The zero-order chi connectivity index (χ0) is 18.5. The molecule has 5 heteroatoms. The van der Waals surface area contributed by atoms with Crippen LogP contribution in [0.15, 0.2) is 36.5 Å². The van der Waals surface area contributed by atoms with Crippen LogP contribution in [0.1, 0.15) is 60.6 Å². The Hall–Kier alpha value is -2.40. The van der Waals surface area contributed by atoms with Crippen molar-refractivity contribution in [2.45, 2.75) is 45.6 Å². The molecule has 0 aliphatic heterocycles. The van der Waals surface area contributed by atoms with Crippen LogP contribution in [0.4, 0.5) is 0 Å². The SMILES string of the molecule is CC(C)CCNC1CCCc2cc(Oc3ccc(C(N)=O)cn3)ccc21. The number of fused-ring (bicyclic) bond motifs is 1. The molecule has 0 radical (unpaired) electrons. The van der Waals surface area contributed by atoms with Crippen molar-refractivity contribution in [3.05, 3.63) is 53.2 Å². The Morgan fingerprint density at radius 3 is 2.88 bits per heavy atom. The highest BCUT2D eigenvalue weighted by molar-refractivity contribution is 5.92. The lowest BCUT2D eigenvalue weighted by Gasteiger charge is -2.27. The number of aromatic nitrogens is 1. The summed E-state index contributed by atoms with van der Waals surface area (Å²) in [5.74, 6) is 1.45. The Bertz CT molecular complexity index is 756. The second-order valence-corrected chi connectivity index (χ2v) is 7.29. The molecule has 0 fully saturated rings. The van der Waals surface area contributed by atoms with Gasteiger partial charge in [-0.25, -0.2) is 4.98 Å². The van der Waals surface area contributed by atoms with Gasteiger partial charge in [0.25, 0.3) is 0 Å². The number of hydrogen-bond donors (Lipinski definition) is 2. The van der Waals surface area contributed by atoms with Crippen LogP contribution in [0, 0.1) is 5.92 Å². The van der Waals surface area contributed by atoms with Crippen LogP contribution in [0.3, 0.4) is 0 Å². The summed E-state index contributed by atoms with van der Waals surface area (Å²) in [6, 6.07) is 9.97. The van der Waals surface area contributed by atoms with Gasteiger partial charge in [-0.1, -0.05) is 19.9 Å². The summed E-state index contributed by atoms with van der Waals surface area (Å²) in [7, 11) is 0. The summed E-state index contributed by atoms with van der Waals surface area (Å²) in [5.41, 5.74) is 8.32. The third kappa shape index (κ3) is 4.61. The molecule has 138 valence electrons. The first kappa shape index (κ1) is 18.4. The minimum Gasteiger partial charge on any atom is -0.439 e. The van der Waals surface area contributed by atoms with E-state index in [4.69, 9.17) is 10.5 Å². The maximum Gasteiger partial charge on any atom is 0.250 e. The highest BCUT2D eigenvalue weighted by Gasteiger charge is 2.20. The van der Waals surface area contributed by atoms with Crippen molar-refractivity contribution in [1.29, 1.82) is 0 Å². The van der Waals surface area contributed by atoms with Crippen molar-refractivity contribution >= 4 is 5.91 Å². The lowest BCUT2D eigenvalue weighted by Crippen LogP contribution is -2.26. The van der Waals surface area contributed by atoms with E-state index in [0.29, 0.717) is 17.5 Å². The first-order chi connectivity index (χ1) is 12.5. The number of nitrogens with two attached hydrogens (primary N) is 1. The van der Waals surface area contributed by atoms with Crippen LogP contribution < -0.4 is 15.8 Å². The van der Waals surface area contributed by atoms with Crippen LogP contribution in [0.5, 0.6) is 11.6 Å². The third-order valence-electron chi connectivity index (χ3n) is 4.78. The number of benzene rings is 1. The van der Waals surface area contributed by atoms with Crippen molar-refractivity contribution < 1.29 is 9.53 Å². The van der Waals surface area contributed by atoms with Gasteiger partial charge in [0.2, 0.25) is 11.8 Å². The van der Waals surface area contributed by atoms with E-state index in [2.05, 4.69) is 36.3 Å². The fraction of sp³-hybridized carbons (Fsp3) is 0.429. The Balaban J connectivity index is 1.68. The molecule has 1 aliphatic carbocycles. The van der Waals surface area contributed by atoms with Crippen molar-refractivity contribution in [3.63, 3.8) is 0 Å². The maximum absolute atomic E-state index is 11.1. The van der Waals surface area contributed by atoms with Gasteiger partial charge < -0.3 is 15.8 Å². The minimum atomic E-state index is -0.492. The highest BCUT2D eigenvalue weighted by atomic mass is 16.5. The van der Waals surface area contributed by atoms with Crippen LogP contribution in [0.25, 0.3) is 0 Å².